The summed E-state index contributed by atoms with van der Waals surface area (Å²) in [5, 5.41) is 11.4. The van der Waals surface area contributed by atoms with Crippen LogP contribution in [0.5, 0.6) is 17.2 Å². The average molecular weight is 502 g/mol. The Labute approximate surface area is 216 Å². The lowest BCUT2D eigenvalue weighted by Gasteiger charge is -2.26. The largest absolute Gasteiger partial charge is 0.507 e. The molecule has 192 valence electrons. The number of nitrogens with zero attached hydrogens (tertiary/aromatic N) is 1. The highest BCUT2D eigenvalue weighted by atomic mass is 16.5. The maximum absolute atomic E-state index is 13.5. The Morgan fingerprint density at radius 2 is 1.65 bits per heavy atom. The zero-order valence-corrected chi connectivity index (χ0v) is 21.6. The van der Waals surface area contributed by atoms with Crippen LogP contribution in [0.2, 0.25) is 0 Å². The second-order valence-electron chi connectivity index (χ2n) is 8.99. The predicted molar refractivity (Wildman–Crippen MR) is 142 cm³/mol. The molecule has 0 spiro atoms. The van der Waals surface area contributed by atoms with Gasteiger partial charge in [-0.05, 0) is 54.3 Å². The first kappa shape index (κ1) is 25.8. The summed E-state index contributed by atoms with van der Waals surface area (Å²) in [6.07, 6.45) is 0. The number of carbonyl (C=O) groups excluding carboxylic acids is 2. The molecule has 1 saturated heterocycles. The minimum Gasteiger partial charge on any atom is -0.507 e. The molecule has 3 aromatic rings. The van der Waals surface area contributed by atoms with E-state index in [0.717, 1.165) is 5.56 Å². The number of hydrogen-bond acceptors (Lipinski definition) is 6. The number of Topliss-reactive ketones (excluding diaryl/α,β-unsaturated/α-hetero) is 1. The van der Waals surface area contributed by atoms with Gasteiger partial charge in [0.2, 0.25) is 0 Å². The van der Waals surface area contributed by atoms with E-state index in [0.29, 0.717) is 46.6 Å². The molecule has 4 rings (SSSR count). The van der Waals surface area contributed by atoms with Gasteiger partial charge in [-0.15, -0.1) is 0 Å². The third-order valence-corrected chi connectivity index (χ3v) is 6.43. The summed E-state index contributed by atoms with van der Waals surface area (Å²) in [4.78, 5) is 28.3. The number of ether oxygens (including phenoxy) is 3. The Morgan fingerprint density at radius 3 is 2.27 bits per heavy atom. The van der Waals surface area contributed by atoms with Crippen molar-refractivity contribution in [3.8, 4) is 17.2 Å². The molecule has 3 aromatic carbocycles. The van der Waals surface area contributed by atoms with Crippen molar-refractivity contribution in [2.45, 2.75) is 32.7 Å². The van der Waals surface area contributed by atoms with Crippen molar-refractivity contribution >= 4 is 23.1 Å². The summed E-state index contributed by atoms with van der Waals surface area (Å²) < 4.78 is 16.3. The number of aliphatic hydroxyl groups excluding tert-OH is 1. The van der Waals surface area contributed by atoms with Gasteiger partial charge in [0.1, 0.15) is 11.5 Å². The normalized spacial score (nSPS) is 16.8. The van der Waals surface area contributed by atoms with Crippen LogP contribution in [0, 0.1) is 0 Å². The van der Waals surface area contributed by atoms with Crippen LogP contribution in [-0.2, 0) is 9.59 Å². The summed E-state index contributed by atoms with van der Waals surface area (Å²) in [6.45, 7) is 6.52. The van der Waals surface area contributed by atoms with E-state index in [2.05, 4.69) is 13.8 Å². The number of methoxy groups -OCH3 is 2. The van der Waals surface area contributed by atoms with Gasteiger partial charge in [-0.2, -0.15) is 0 Å². The molecule has 1 fully saturated rings. The van der Waals surface area contributed by atoms with E-state index in [1.807, 2.05) is 31.2 Å². The molecule has 7 heteroatoms. The van der Waals surface area contributed by atoms with Crippen molar-refractivity contribution in [1.82, 2.24) is 0 Å². The van der Waals surface area contributed by atoms with Gasteiger partial charge in [0.25, 0.3) is 11.7 Å². The number of ketones is 1. The van der Waals surface area contributed by atoms with E-state index in [-0.39, 0.29) is 11.3 Å². The number of rotatable bonds is 8. The molecule has 7 nitrogen and oxygen atoms in total. The van der Waals surface area contributed by atoms with Crippen molar-refractivity contribution in [1.29, 1.82) is 0 Å². The monoisotopic (exact) mass is 501 g/mol. The van der Waals surface area contributed by atoms with Gasteiger partial charge in [0.05, 0.1) is 32.4 Å². The number of carbonyl (C=O) groups is 2. The van der Waals surface area contributed by atoms with Gasteiger partial charge < -0.3 is 19.3 Å². The van der Waals surface area contributed by atoms with Crippen molar-refractivity contribution in [3.63, 3.8) is 0 Å². The van der Waals surface area contributed by atoms with Crippen molar-refractivity contribution in [3.05, 3.63) is 89.0 Å². The van der Waals surface area contributed by atoms with E-state index >= 15 is 0 Å². The van der Waals surface area contributed by atoms with E-state index in [1.54, 1.807) is 42.5 Å². The summed E-state index contributed by atoms with van der Waals surface area (Å²) in [5.74, 6) is -0.0248. The SMILES string of the molecule is CCOc1cccc(N2C(=O)C(=O)/C(=C(/O)c3ccc(OC)c(OC)c3)C2c2ccc(C(C)C)cc2)c1. The Balaban J connectivity index is 1.92. The fraction of sp³-hybridized carbons (Fsp3) is 0.267. The van der Waals surface area contributed by atoms with Crippen LogP contribution in [0.15, 0.2) is 72.3 Å². The number of benzene rings is 3. The fourth-order valence-corrected chi connectivity index (χ4v) is 4.51. The Morgan fingerprint density at radius 1 is 0.946 bits per heavy atom. The molecule has 1 unspecified atom stereocenters. The molecule has 1 heterocycles. The molecule has 0 aromatic heterocycles. The Hall–Kier alpha value is -4.26. The molecule has 1 atom stereocenters. The topological polar surface area (TPSA) is 85.3 Å². The second-order valence-corrected chi connectivity index (χ2v) is 8.99. The first-order chi connectivity index (χ1) is 17.8. The van der Waals surface area contributed by atoms with E-state index in [4.69, 9.17) is 14.2 Å². The van der Waals surface area contributed by atoms with Crippen LogP contribution < -0.4 is 19.1 Å². The molecule has 37 heavy (non-hydrogen) atoms. The predicted octanol–water partition coefficient (Wildman–Crippen LogP) is 5.85. The number of hydrogen-bond donors (Lipinski definition) is 1. The van der Waals surface area contributed by atoms with Crippen LogP contribution in [-0.4, -0.2) is 37.6 Å². The van der Waals surface area contributed by atoms with Crippen LogP contribution in [0.25, 0.3) is 5.76 Å². The quantitative estimate of drug-likeness (QED) is 0.237. The van der Waals surface area contributed by atoms with Crippen molar-refractivity contribution < 1.29 is 28.9 Å². The lowest BCUT2D eigenvalue weighted by Crippen LogP contribution is -2.29. The number of amides is 1. The van der Waals surface area contributed by atoms with Crippen LogP contribution in [0.1, 0.15) is 49.4 Å². The highest BCUT2D eigenvalue weighted by Gasteiger charge is 2.47. The molecule has 1 aliphatic rings. The molecule has 1 aliphatic heterocycles. The molecule has 1 N–H and O–H groups in total. The minimum atomic E-state index is -0.841. The summed E-state index contributed by atoms with van der Waals surface area (Å²) in [7, 11) is 3.00. The lowest BCUT2D eigenvalue weighted by molar-refractivity contribution is -0.132. The number of anilines is 1. The van der Waals surface area contributed by atoms with Crippen LogP contribution in [0.3, 0.4) is 0 Å². The Bertz CT molecular complexity index is 1340. The smallest absolute Gasteiger partial charge is 0.300 e. The highest BCUT2D eigenvalue weighted by Crippen LogP contribution is 2.43. The summed E-state index contributed by atoms with van der Waals surface area (Å²) in [5.41, 5.74) is 2.66. The first-order valence-electron chi connectivity index (χ1n) is 12.2. The number of aliphatic hydroxyl groups is 1. The van der Waals surface area contributed by atoms with Gasteiger partial charge in [-0.25, -0.2) is 0 Å². The zero-order chi connectivity index (χ0) is 26.7. The molecule has 0 saturated carbocycles. The van der Waals surface area contributed by atoms with Gasteiger partial charge >= 0.3 is 0 Å². The fourth-order valence-electron chi connectivity index (χ4n) is 4.51. The van der Waals surface area contributed by atoms with Crippen LogP contribution >= 0.6 is 0 Å². The lowest BCUT2D eigenvalue weighted by atomic mass is 9.93. The van der Waals surface area contributed by atoms with Crippen molar-refractivity contribution in [2.75, 3.05) is 25.7 Å². The average Bonchev–Trinajstić information content (AvgIpc) is 3.18. The highest BCUT2D eigenvalue weighted by molar-refractivity contribution is 6.51. The summed E-state index contributed by atoms with van der Waals surface area (Å²) in [6, 6.07) is 18.8. The Kier molecular flexibility index (Phi) is 7.53. The van der Waals surface area contributed by atoms with E-state index in [9.17, 15) is 14.7 Å². The molecular formula is C30H31NO6. The maximum Gasteiger partial charge on any atom is 0.300 e. The van der Waals surface area contributed by atoms with Gasteiger partial charge in [-0.1, -0.05) is 44.2 Å². The third-order valence-electron chi connectivity index (χ3n) is 6.43. The van der Waals surface area contributed by atoms with Gasteiger partial charge in [0.15, 0.2) is 11.5 Å². The maximum atomic E-state index is 13.5. The molecule has 1 amide bonds. The van der Waals surface area contributed by atoms with E-state index in [1.165, 1.54) is 19.1 Å². The van der Waals surface area contributed by atoms with Gasteiger partial charge in [-0.3, -0.25) is 14.5 Å². The second kappa shape index (κ2) is 10.8. The molecule has 0 bridgehead atoms. The van der Waals surface area contributed by atoms with E-state index < -0.39 is 17.7 Å². The zero-order valence-electron chi connectivity index (χ0n) is 21.6. The first-order valence-corrected chi connectivity index (χ1v) is 12.2. The molecular weight excluding hydrogens is 470 g/mol. The molecule has 0 aliphatic carbocycles. The summed E-state index contributed by atoms with van der Waals surface area (Å²) >= 11 is 0. The third kappa shape index (κ3) is 4.89. The van der Waals surface area contributed by atoms with Crippen LogP contribution in [0.4, 0.5) is 5.69 Å². The van der Waals surface area contributed by atoms with Gasteiger partial charge in [0, 0.05) is 17.3 Å². The standard InChI is InChI=1S/C30H31NO6/c1-6-37-23-9-7-8-22(17-23)31-27(20-12-10-19(11-13-20)18(2)3)26(29(33)30(31)34)28(32)21-14-15-24(35-4)25(16-21)36-5/h7-18,27,32H,6H2,1-5H3/b28-26+. The van der Waals surface area contributed by atoms with Crippen molar-refractivity contribution in [2.24, 2.45) is 0 Å². The minimum absolute atomic E-state index is 0.00340. The molecule has 0 radical (unpaired) electrons.